The standard InChI is InChI=1S/C16H18FN3O/c1-4-18-14(16-19-7-8-20(16)3)15-10(2)12-9-11(17)5-6-13(12)21-15/h5-9,14,18H,4H2,1-3H3. The van der Waals surface area contributed by atoms with E-state index < -0.39 is 0 Å². The van der Waals surface area contributed by atoms with E-state index in [1.165, 1.54) is 12.1 Å². The molecule has 0 aliphatic heterocycles. The lowest BCUT2D eigenvalue weighted by Gasteiger charge is -2.16. The number of aromatic nitrogens is 2. The molecule has 0 aliphatic rings. The van der Waals surface area contributed by atoms with Gasteiger partial charge in [0.05, 0.1) is 0 Å². The van der Waals surface area contributed by atoms with Crippen LogP contribution in [0.5, 0.6) is 0 Å². The quantitative estimate of drug-likeness (QED) is 0.800. The van der Waals surface area contributed by atoms with E-state index >= 15 is 0 Å². The van der Waals surface area contributed by atoms with Gasteiger partial charge in [-0.1, -0.05) is 6.92 Å². The van der Waals surface area contributed by atoms with Crippen LogP contribution in [0.25, 0.3) is 11.0 Å². The third-order valence-corrected chi connectivity index (χ3v) is 3.72. The van der Waals surface area contributed by atoms with Crippen LogP contribution >= 0.6 is 0 Å². The minimum absolute atomic E-state index is 0.148. The monoisotopic (exact) mass is 287 g/mol. The summed E-state index contributed by atoms with van der Waals surface area (Å²) in [5.74, 6) is 1.40. The Kier molecular flexibility index (Phi) is 3.51. The highest BCUT2D eigenvalue weighted by Crippen LogP contribution is 2.32. The number of nitrogens with one attached hydrogen (secondary N) is 1. The molecule has 0 saturated carbocycles. The fourth-order valence-corrected chi connectivity index (χ4v) is 2.65. The summed E-state index contributed by atoms with van der Waals surface area (Å²) in [6.45, 7) is 4.77. The molecule has 0 bridgehead atoms. The average molecular weight is 287 g/mol. The number of furan rings is 1. The number of rotatable bonds is 4. The largest absolute Gasteiger partial charge is 0.459 e. The summed E-state index contributed by atoms with van der Waals surface area (Å²) in [4.78, 5) is 4.41. The molecule has 1 atom stereocenters. The predicted octanol–water partition coefficient (Wildman–Crippen LogP) is 3.31. The SMILES string of the molecule is CCNC(c1oc2ccc(F)cc2c1C)c1nccn1C. The lowest BCUT2D eigenvalue weighted by molar-refractivity contribution is 0.453. The molecule has 0 aliphatic carbocycles. The third-order valence-electron chi connectivity index (χ3n) is 3.72. The van der Waals surface area contributed by atoms with Crippen LogP contribution in [-0.2, 0) is 7.05 Å². The highest BCUT2D eigenvalue weighted by Gasteiger charge is 2.24. The van der Waals surface area contributed by atoms with Gasteiger partial charge in [-0.25, -0.2) is 9.37 Å². The Morgan fingerprint density at radius 3 is 2.90 bits per heavy atom. The normalized spacial score (nSPS) is 13.0. The minimum atomic E-state index is -0.255. The average Bonchev–Trinajstić information content (AvgIpc) is 3.02. The van der Waals surface area contributed by atoms with Crippen LogP contribution in [-0.4, -0.2) is 16.1 Å². The van der Waals surface area contributed by atoms with E-state index in [4.69, 9.17) is 4.42 Å². The van der Waals surface area contributed by atoms with E-state index in [2.05, 4.69) is 10.3 Å². The second-order valence-electron chi connectivity index (χ2n) is 5.12. The molecule has 2 aromatic heterocycles. The van der Waals surface area contributed by atoms with Crippen molar-refractivity contribution in [2.24, 2.45) is 7.05 Å². The van der Waals surface area contributed by atoms with Gasteiger partial charge in [-0.3, -0.25) is 0 Å². The predicted molar refractivity (Wildman–Crippen MR) is 79.6 cm³/mol. The molecule has 0 spiro atoms. The van der Waals surface area contributed by atoms with E-state index in [1.54, 1.807) is 12.3 Å². The van der Waals surface area contributed by atoms with Crippen LogP contribution in [0.4, 0.5) is 4.39 Å². The minimum Gasteiger partial charge on any atom is -0.459 e. The van der Waals surface area contributed by atoms with Crippen molar-refractivity contribution in [2.75, 3.05) is 6.54 Å². The van der Waals surface area contributed by atoms with Crippen molar-refractivity contribution in [2.45, 2.75) is 19.9 Å². The molecule has 110 valence electrons. The van der Waals surface area contributed by atoms with Gasteiger partial charge in [0, 0.05) is 30.4 Å². The van der Waals surface area contributed by atoms with Crippen molar-refractivity contribution in [3.05, 3.63) is 53.6 Å². The topological polar surface area (TPSA) is 43.0 Å². The van der Waals surface area contributed by atoms with Gasteiger partial charge in [0.2, 0.25) is 0 Å². The summed E-state index contributed by atoms with van der Waals surface area (Å²) in [6, 6.07) is 4.45. The molecule has 1 N–H and O–H groups in total. The Morgan fingerprint density at radius 1 is 1.43 bits per heavy atom. The van der Waals surface area contributed by atoms with E-state index in [0.29, 0.717) is 5.58 Å². The van der Waals surface area contributed by atoms with Crippen LogP contribution < -0.4 is 5.32 Å². The van der Waals surface area contributed by atoms with E-state index in [-0.39, 0.29) is 11.9 Å². The molecule has 1 aromatic carbocycles. The molecule has 0 amide bonds. The smallest absolute Gasteiger partial charge is 0.134 e. The van der Waals surface area contributed by atoms with Crippen molar-refractivity contribution < 1.29 is 8.81 Å². The summed E-state index contributed by atoms with van der Waals surface area (Å²) in [5.41, 5.74) is 1.64. The third kappa shape index (κ3) is 2.34. The number of benzene rings is 1. The van der Waals surface area contributed by atoms with Crippen LogP contribution in [0.1, 0.15) is 30.1 Å². The molecule has 0 saturated heterocycles. The van der Waals surface area contributed by atoms with Gasteiger partial charge in [-0.15, -0.1) is 0 Å². The summed E-state index contributed by atoms with van der Waals surface area (Å²) >= 11 is 0. The molecule has 3 aromatic rings. The lowest BCUT2D eigenvalue weighted by Crippen LogP contribution is -2.25. The second kappa shape index (κ2) is 5.33. The number of imidazole rings is 1. The Hall–Kier alpha value is -2.14. The highest BCUT2D eigenvalue weighted by atomic mass is 19.1. The Labute approximate surface area is 122 Å². The first-order valence-electron chi connectivity index (χ1n) is 7.01. The second-order valence-corrected chi connectivity index (χ2v) is 5.12. The van der Waals surface area contributed by atoms with Gasteiger partial charge in [0.15, 0.2) is 0 Å². The number of hydrogen-bond donors (Lipinski definition) is 1. The molecule has 4 nitrogen and oxygen atoms in total. The Morgan fingerprint density at radius 2 is 2.24 bits per heavy atom. The van der Waals surface area contributed by atoms with Gasteiger partial charge in [0.25, 0.3) is 0 Å². The maximum atomic E-state index is 13.4. The fraction of sp³-hybridized carbons (Fsp3) is 0.312. The first-order chi connectivity index (χ1) is 10.1. The number of nitrogens with zero attached hydrogens (tertiary/aromatic N) is 2. The number of halogens is 1. The summed E-state index contributed by atoms with van der Waals surface area (Å²) < 4.78 is 21.4. The zero-order valence-corrected chi connectivity index (χ0v) is 12.4. The van der Waals surface area contributed by atoms with Crippen molar-refractivity contribution in [3.63, 3.8) is 0 Å². The molecule has 0 fully saturated rings. The van der Waals surface area contributed by atoms with Crippen molar-refractivity contribution >= 4 is 11.0 Å². The van der Waals surface area contributed by atoms with Crippen LogP contribution in [0, 0.1) is 12.7 Å². The van der Waals surface area contributed by atoms with E-state index in [9.17, 15) is 4.39 Å². The Balaban J connectivity index is 2.16. The van der Waals surface area contributed by atoms with Gasteiger partial charge >= 0.3 is 0 Å². The molecule has 5 heteroatoms. The molecule has 3 rings (SSSR count). The van der Waals surface area contributed by atoms with Gasteiger partial charge in [0.1, 0.15) is 29.0 Å². The molecule has 21 heavy (non-hydrogen) atoms. The summed E-state index contributed by atoms with van der Waals surface area (Å²) in [6.07, 6.45) is 3.66. The molecule has 1 unspecified atom stereocenters. The number of hydrogen-bond acceptors (Lipinski definition) is 3. The first-order valence-corrected chi connectivity index (χ1v) is 7.01. The van der Waals surface area contributed by atoms with Crippen molar-refractivity contribution in [1.82, 2.24) is 14.9 Å². The molecular weight excluding hydrogens is 269 g/mol. The summed E-state index contributed by atoms with van der Waals surface area (Å²) in [7, 11) is 1.95. The van der Waals surface area contributed by atoms with Crippen LogP contribution in [0.15, 0.2) is 35.0 Å². The molecular formula is C16H18FN3O. The van der Waals surface area contributed by atoms with Crippen LogP contribution in [0.3, 0.4) is 0 Å². The van der Waals surface area contributed by atoms with E-state index in [0.717, 1.165) is 29.1 Å². The lowest BCUT2D eigenvalue weighted by atomic mass is 10.1. The highest BCUT2D eigenvalue weighted by molar-refractivity contribution is 5.82. The first kappa shape index (κ1) is 13.8. The van der Waals surface area contributed by atoms with Gasteiger partial charge in [-0.05, 0) is 31.7 Å². The zero-order chi connectivity index (χ0) is 15.0. The maximum Gasteiger partial charge on any atom is 0.134 e. The van der Waals surface area contributed by atoms with Crippen LogP contribution in [0.2, 0.25) is 0 Å². The zero-order valence-electron chi connectivity index (χ0n) is 12.4. The Bertz CT molecular complexity index is 775. The van der Waals surface area contributed by atoms with Gasteiger partial charge < -0.3 is 14.3 Å². The number of aryl methyl sites for hydroxylation is 2. The molecule has 2 heterocycles. The maximum absolute atomic E-state index is 13.4. The van der Waals surface area contributed by atoms with E-state index in [1.807, 2.05) is 31.7 Å². The van der Waals surface area contributed by atoms with Gasteiger partial charge in [-0.2, -0.15) is 0 Å². The van der Waals surface area contributed by atoms with Crippen molar-refractivity contribution in [3.8, 4) is 0 Å². The summed E-state index contributed by atoms with van der Waals surface area (Å²) in [5, 5.41) is 4.20. The van der Waals surface area contributed by atoms with Crippen molar-refractivity contribution in [1.29, 1.82) is 0 Å². The number of fused-ring (bicyclic) bond motifs is 1. The molecule has 0 radical (unpaired) electrons. The fourth-order valence-electron chi connectivity index (χ4n) is 2.65.